The minimum Gasteiger partial charge on any atom is -0.504 e. The molecule has 0 saturated carbocycles. The molecule has 1 heterocycles. The zero-order valence-corrected chi connectivity index (χ0v) is 10.7. The SMILES string of the molecule is COc1ccc(/C=N\NC(=O)Cn2cncn2)cc1O. The van der Waals surface area contributed by atoms with E-state index in [1.807, 2.05) is 0 Å². The highest BCUT2D eigenvalue weighted by molar-refractivity contribution is 5.83. The lowest BCUT2D eigenvalue weighted by Crippen LogP contribution is -2.23. The molecule has 0 saturated heterocycles. The van der Waals surface area contributed by atoms with Gasteiger partial charge in [-0.15, -0.1) is 0 Å². The first kappa shape index (κ1) is 13.5. The number of nitrogens with zero attached hydrogens (tertiary/aromatic N) is 4. The lowest BCUT2D eigenvalue weighted by atomic mass is 10.2. The molecule has 8 heteroatoms. The standard InChI is InChI=1S/C12H13N5O3/c1-20-11-3-2-9(4-10(11)18)5-14-16-12(19)6-17-8-13-7-15-17/h2-5,7-8,18H,6H2,1H3,(H,16,19)/b14-5-. The number of hydrazone groups is 1. The van der Waals surface area contributed by atoms with Crippen LogP contribution in [-0.2, 0) is 11.3 Å². The quantitative estimate of drug-likeness (QED) is 0.597. The third-order valence-corrected chi connectivity index (χ3v) is 2.38. The number of rotatable bonds is 5. The van der Waals surface area contributed by atoms with Gasteiger partial charge in [-0.2, -0.15) is 10.2 Å². The van der Waals surface area contributed by atoms with Gasteiger partial charge in [-0.25, -0.2) is 15.1 Å². The second kappa shape index (κ2) is 6.32. The van der Waals surface area contributed by atoms with Gasteiger partial charge in [0.2, 0.25) is 0 Å². The lowest BCUT2D eigenvalue weighted by molar-refractivity contribution is -0.121. The first-order chi connectivity index (χ1) is 9.69. The highest BCUT2D eigenvalue weighted by Crippen LogP contribution is 2.25. The number of aromatic hydroxyl groups is 1. The summed E-state index contributed by atoms with van der Waals surface area (Å²) in [6.45, 7) is 0.0329. The summed E-state index contributed by atoms with van der Waals surface area (Å²) >= 11 is 0. The maximum absolute atomic E-state index is 11.5. The number of hydrogen-bond acceptors (Lipinski definition) is 6. The smallest absolute Gasteiger partial charge is 0.261 e. The first-order valence-electron chi connectivity index (χ1n) is 5.70. The third kappa shape index (κ3) is 3.55. The van der Waals surface area contributed by atoms with Crippen molar-refractivity contribution in [1.29, 1.82) is 0 Å². The Kier molecular flexibility index (Phi) is 4.28. The molecule has 0 fully saturated rings. The average Bonchev–Trinajstić information content (AvgIpc) is 2.92. The number of aromatic nitrogens is 3. The number of methoxy groups -OCH3 is 1. The van der Waals surface area contributed by atoms with Crippen LogP contribution in [0.2, 0.25) is 0 Å². The van der Waals surface area contributed by atoms with E-state index in [9.17, 15) is 9.90 Å². The van der Waals surface area contributed by atoms with Crippen molar-refractivity contribution in [2.45, 2.75) is 6.54 Å². The van der Waals surface area contributed by atoms with Gasteiger partial charge in [0.1, 0.15) is 19.2 Å². The van der Waals surface area contributed by atoms with Crippen LogP contribution in [0.15, 0.2) is 36.0 Å². The summed E-state index contributed by atoms with van der Waals surface area (Å²) in [4.78, 5) is 15.2. The fraction of sp³-hybridized carbons (Fsp3) is 0.167. The molecule has 1 aromatic heterocycles. The Labute approximate surface area is 114 Å². The molecule has 0 aliphatic heterocycles. The number of carbonyl (C=O) groups excluding carboxylic acids is 1. The van der Waals surface area contributed by atoms with E-state index >= 15 is 0 Å². The Balaban J connectivity index is 1.89. The molecule has 0 unspecified atom stereocenters. The molecule has 1 amide bonds. The molecule has 0 aliphatic carbocycles. The van der Waals surface area contributed by atoms with E-state index in [1.165, 1.54) is 36.7 Å². The van der Waals surface area contributed by atoms with E-state index in [4.69, 9.17) is 4.74 Å². The second-order valence-corrected chi connectivity index (χ2v) is 3.82. The number of nitrogens with one attached hydrogen (secondary N) is 1. The Hall–Kier alpha value is -2.90. The van der Waals surface area contributed by atoms with Crippen molar-refractivity contribution in [2.24, 2.45) is 5.10 Å². The highest BCUT2D eigenvalue weighted by atomic mass is 16.5. The summed E-state index contributed by atoms with van der Waals surface area (Å²) in [5.41, 5.74) is 2.98. The van der Waals surface area contributed by atoms with Crippen molar-refractivity contribution in [1.82, 2.24) is 20.2 Å². The van der Waals surface area contributed by atoms with Crippen LogP contribution in [-0.4, -0.2) is 39.1 Å². The van der Waals surface area contributed by atoms with Gasteiger partial charge in [0.15, 0.2) is 11.5 Å². The van der Waals surface area contributed by atoms with Crippen LogP contribution >= 0.6 is 0 Å². The van der Waals surface area contributed by atoms with Crippen LogP contribution in [0, 0.1) is 0 Å². The average molecular weight is 275 g/mol. The second-order valence-electron chi connectivity index (χ2n) is 3.82. The molecule has 2 aromatic rings. The van der Waals surface area contributed by atoms with E-state index in [0.29, 0.717) is 11.3 Å². The first-order valence-corrected chi connectivity index (χ1v) is 5.70. The predicted molar refractivity (Wildman–Crippen MR) is 70.4 cm³/mol. The number of carbonyl (C=O) groups is 1. The third-order valence-electron chi connectivity index (χ3n) is 2.38. The van der Waals surface area contributed by atoms with Crippen molar-refractivity contribution >= 4 is 12.1 Å². The van der Waals surface area contributed by atoms with Crippen molar-refractivity contribution in [2.75, 3.05) is 7.11 Å². The maximum Gasteiger partial charge on any atom is 0.261 e. The molecule has 0 radical (unpaired) electrons. The normalized spacial score (nSPS) is 10.7. The van der Waals surface area contributed by atoms with Crippen LogP contribution in [0.5, 0.6) is 11.5 Å². The van der Waals surface area contributed by atoms with Crippen molar-refractivity contribution in [3.63, 3.8) is 0 Å². The van der Waals surface area contributed by atoms with Gasteiger partial charge in [0.05, 0.1) is 13.3 Å². The van der Waals surface area contributed by atoms with Crippen LogP contribution in [0.1, 0.15) is 5.56 Å². The molecule has 0 aliphatic rings. The van der Waals surface area contributed by atoms with Crippen molar-refractivity contribution < 1.29 is 14.6 Å². The molecule has 1 aromatic carbocycles. The molecule has 0 bridgehead atoms. The van der Waals surface area contributed by atoms with Gasteiger partial charge in [-0.05, 0) is 23.8 Å². The fourth-order valence-electron chi connectivity index (χ4n) is 1.46. The molecular formula is C12H13N5O3. The zero-order valence-electron chi connectivity index (χ0n) is 10.7. The van der Waals surface area contributed by atoms with Gasteiger partial charge in [-0.3, -0.25) is 4.79 Å². The van der Waals surface area contributed by atoms with E-state index < -0.39 is 0 Å². The molecule has 0 spiro atoms. The van der Waals surface area contributed by atoms with E-state index in [0.717, 1.165) is 0 Å². The number of phenolic OH excluding ortho intramolecular Hbond substituents is 1. The summed E-state index contributed by atoms with van der Waals surface area (Å²) in [5.74, 6) is 0.0484. The minimum absolute atomic E-state index is 0.00499. The molecule has 2 rings (SSSR count). The van der Waals surface area contributed by atoms with Gasteiger partial charge < -0.3 is 9.84 Å². The zero-order chi connectivity index (χ0) is 14.4. The number of hydrogen-bond donors (Lipinski definition) is 2. The summed E-state index contributed by atoms with van der Waals surface area (Å²) in [5, 5.41) is 17.2. The van der Waals surface area contributed by atoms with Crippen LogP contribution in [0.4, 0.5) is 0 Å². The number of ether oxygens (including phenoxy) is 1. The molecule has 20 heavy (non-hydrogen) atoms. The van der Waals surface area contributed by atoms with Gasteiger partial charge in [0, 0.05) is 0 Å². The summed E-state index contributed by atoms with van der Waals surface area (Å²) in [7, 11) is 1.47. The molecule has 8 nitrogen and oxygen atoms in total. The summed E-state index contributed by atoms with van der Waals surface area (Å²) in [6.07, 6.45) is 4.19. The topological polar surface area (TPSA) is 102 Å². The largest absolute Gasteiger partial charge is 0.504 e. The van der Waals surface area contributed by atoms with Crippen LogP contribution < -0.4 is 10.2 Å². The Morgan fingerprint density at radius 1 is 1.60 bits per heavy atom. The highest BCUT2D eigenvalue weighted by Gasteiger charge is 2.02. The molecule has 0 atom stereocenters. The van der Waals surface area contributed by atoms with Crippen LogP contribution in [0.3, 0.4) is 0 Å². The van der Waals surface area contributed by atoms with E-state index in [2.05, 4.69) is 20.6 Å². The Morgan fingerprint density at radius 3 is 3.10 bits per heavy atom. The summed E-state index contributed by atoms with van der Waals surface area (Å²) in [6, 6.07) is 4.78. The van der Waals surface area contributed by atoms with Gasteiger partial charge in [0.25, 0.3) is 5.91 Å². The maximum atomic E-state index is 11.5. The van der Waals surface area contributed by atoms with Crippen molar-refractivity contribution in [3.05, 3.63) is 36.4 Å². The number of benzene rings is 1. The van der Waals surface area contributed by atoms with Gasteiger partial charge in [-0.1, -0.05) is 0 Å². The van der Waals surface area contributed by atoms with Gasteiger partial charge >= 0.3 is 0 Å². The molecular weight excluding hydrogens is 262 g/mol. The number of amides is 1. The predicted octanol–water partition coefficient (Wildman–Crippen LogP) is 0.143. The fourth-order valence-corrected chi connectivity index (χ4v) is 1.46. The van der Waals surface area contributed by atoms with E-state index in [1.54, 1.807) is 12.1 Å². The van der Waals surface area contributed by atoms with Crippen LogP contribution in [0.25, 0.3) is 0 Å². The number of phenols is 1. The molecule has 104 valence electrons. The Bertz CT molecular complexity index is 610. The minimum atomic E-state index is -0.329. The Morgan fingerprint density at radius 2 is 2.45 bits per heavy atom. The molecule has 2 N–H and O–H groups in total. The van der Waals surface area contributed by atoms with Crippen molar-refractivity contribution in [3.8, 4) is 11.5 Å². The monoisotopic (exact) mass is 275 g/mol. The lowest BCUT2D eigenvalue weighted by Gasteiger charge is -2.03. The van der Waals surface area contributed by atoms with E-state index in [-0.39, 0.29) is 18.2 Å². The summed E-state index contributed by atoms with van der Waals surface area (Å²) < 4.78 is 6.30.